The van der Waals surface area contributed by atoms with E-state index in [1.807, 2.05) is 30.3 Å². The van der Waals surface area contributed by atoms with Crippen molar-refractivity contribution in [2.45, 2.75) is 6.10 Å². The van der Waals surface area contributed by atoms with E-state index < -0.39 is 5.91 Å². The number of hydrogen-bond acceptors (Lipinski definition) is 3. The largest absolute Gasteiger partial charge is 0.482 e. The molecular formula is C10H10N2O2. The van der Waals surface area contributed by atoms with E-state index in [4.69, 9.17) is 10.5 Å². The number of primary amides is 1. The number of amides is 1. The lowest BCUT2D eigenvalue weighted by molar-refractivity contribution is -0.112. The lowest BCUT2D eigenvalue weighted by Crippen LogP contribution is -2.46. The molecule has 1 amide bonds. The Bertz CT molecular complexity index is 373. The van der Waals surface area contributed by atoms with Gasteiger partial charge in [0.2, 0.25) is 0 Å². The van der Waals surface area contributed by atoms with Crippen molar-refractivity contribution in [3.8, 4) is 5.75 Å². The summed E-state index contributed by atoms with van der Waals surface area (Å²) in [5.41, 5.74) is 5.42. The van der Waals surface area contributed by atoms with Gasteiger partial charge in [0.25, 0.3) is 5.91 Å². The van der Waals surface area contributed by atoms with Gasteiger partial charge in [0.05, 0.1) is 6.54 Å². The van der Waals surface area contributed by atoms with Gasteiger partial charge in [-0.2, -0.15) is 0 Å². The standard InChI is InChI=1S/C10H10N2O2/c11-10(13)9-8(6-12-9)14-7-4-2-1-3-5-7/h1-5,8H,6H2,(H2,11,13). The molecule has 1 aliphatic rings. The predicted molar refractivity (Wildman–Crippen MR) is 52.4 cm³/mol. The number of ether oxygens (including phenoxy) is 1. The minimum Gasteiger partial charge on any atom is -0.482 e. The summed E-state index contributed by atoms with van der Waals surface area (Å²) in [4.78, 5) is 14.7. The van der Waals surface area contributed by atoms with Gasteiger partial charge in [-0.3, -0.25) is 9.79 Å². The average Bonchev–Trinajstić information content (AvgIpc) is 2.13. The van der Waals surface area contributed by atoms with Crippen molar-refractivity contribution in [2.75, 3.05) is 6.54 Å². The second kappa shape index (κ2) is 3.49. The molecule has 0 bridgehead atoms. The van der Waals surface area contributed by atoms with Crippen LogP contribution in [0.15, 0.2) is 35.3 Å². The zero-order valence-corrected chi connectivity index (χ0v) is 7.51. The van der Waals surface area contributed by atoms with Crippen LogP contribution in [0.2, 0.25) is 0 Å². The van der Waals surface area contributed by atoms with Crippen LogP contribution < -0.4 is 10.5 Å². The summed E-state index contributed by atoms with van der Waals surface area (Å²) in [5.74, 6) is 0.225. The zero-order chi connectivity index (χ0) is 9.97. The molecule has 0 aliphatic carbocycles. The van der Waals surface area contributed by atoms with Crippen LogP contribution >= 0.6 is 0 Å². The Hall–Kier alpha value is -1.84. The Morgan fingerprint density at radius 3 is 2.64 bits per heavy atom. The summed E-state index contributed by atoms with van der Waals surface area (Å²) in [6, 6.07) is 9.30. The number of nitrogens with two attached hydrogens (primary N) is 1. The Balaban J connectivity index is 2.02. The number of rotatable bonds is 3. The molecule has 4 heteroatoms. The highest BCUT2D eigenvalue weighted by Gasteiger charge is 2.29. The molecule has 1 unspecified atom stereocenters. The van der Waals surface area contributed by atoms with Crippen molar-refractivity contribution in [3.05, 3.63) is 30.3 Å². The van der Waals surface area contributed by atoms with Crippen molar-refractivity contribution >= 4 is 11.6 Å². The molecule has 1 atom stereocenters. The maximum Gasteiger partial charge on any atom is 0.266 e. The van der Waals surface area contributed by atoms with Gasteiger partial charge in [-0.1, -0.05) is 18.2 Å². The summed E-state index contributed by atoms with van der Waals surface area (Å²) in [6.45, 7) is 0.507. The molecule has 0 spiro atoms. The van der Waals surface area contributed by atoms with E-state index >= 15 is 0 Å². The van der Waals surface area contributed by atoms with Crippen molar-refractivity contribution in [1.29, 1.82) is 0 Å². The fraction of sp³-hybridized carbons (Fsp3) is 0.200. The van der Waals surface area contributed by atoms with Gasteiger partial charge in [-0.15, -0.1) is 0 Å². The summed E-state index contributed by atoms with van der Waals surface area (Å²) >= 11 is 0. The topological polar surface area (TPSA) is 64.7 Å². The van der Waals surface area contributed by atoms with Gasteiger partial charge in [0.1, 0.15) is 11.5 Å². The number of hydrogen-bond donors (Lipinski definition) is 1. The average molecular weight is 190 g/mol. The third kappa shape index (κ3) is 1.59. The quantitative estimate of drug-likeness (QED) is 0.748. The van der Waals surface area contributed by atoms with Crippen molar-refractivity contribution in [2.24, 2.45) is 10.7 Å². The number of carbonyl (C=O) groups is 1. The van der Waals surface area contributed by atoms with Crippen LogP contribution in [-0.4, -0.2) is 24.3 Å². The highest BCUT2D eigenvalue weighted by atomic mass is 16.5. The van der Waals surface area contributed by atoms with Crippen molar-refractivity contribution in [3.63, 3.8) is 0 Å². The Kier molecular flexibility index (Phi) is 2.18. The van der Waals surface area contributed by atoms with E-state index in [0.717, 1.165) is 5.75 Å². The molecular weight excluding hydrogens is 180 g/mol. The van der Waals surface area contributed by atoms with E-state index in [1.165, 1.54) is 0 Å². The number of para-hydroxylation sites is 1. The molecule has 4 nitrogen and oxygen atoms in total. The molecule has 0 saturated carbocycles. The summed E-state index contributed by atoms with van der Waals surface area (Å²) in [5, 5.41) is 0. The highest BCUT2D eigenvalue weighted by Crippen LogP contribution is 2.15. The molecule has 0 radical (unpaired) electrons. The van der Waals surface area contributed by atoms with Gasteiger partial charge in [0.15, 0.2) is 6.10 Å². The Labute approximate surface area is 81.4 Å². The van der Waals surface area contributed by atoms with Gasteiger partial charge in [-0.25, -0.2) is 0 Å². The van der Waals surface area contributed by atoms with E-state index in [0.29, 0.717) is 12.3 Å². The summed E-state index contributed by atoms with van der Waals surface area (Å²) < 4.78 is 5.49. The molecule has 2 rings (SSSR count). The van der Waals surface area contributed by atoms with Crippen LogP contribution in [0.25, 0.3) is 0 Å². The maximum absolute atomic E-state index is 10.8. The number of carbonyl (C=O) groups excluding carboxylic acids is 1. The van der Waals surface area contributed by atoms with Crippen LogP contribution in [0, 0.1) is 0 Å². The third-order valence-corrected chi connectivity index (χ3v) is 2.01. The lowest BCUT2D eigenvalue weighted by Gasteiger charge is -2.24. The van der Waals surface area contributed by atoms with E-state index in [9.17, 15) is 4.79 Å². The molecule has 0 fully saturated rings. The first-order chi connectivity index (χ1) is 6.77. The molecule has 1 aromatic carbocycles. The lowest BCUT2D eigenvalue weighted by atomic mass is 10.1. The number of aliphatic imine (C=N–C) groups is 1. The van der Waals surface area contributed by atoms with Crippen molar-refractivity contribution in [1.82, 2.24) is 0 Å². The van der Waals surface area contributed by atoms with Crippen LogP contribution in [0.3, 0.4) is 0 Å². The zero-order valence-electron chi connectivity index (χ0n) is 7.51. The predicted octanol–water partition coefficient (Wildman–Crippen LogP) is 0.374. The normalized spacial score (nSPS) is 19.4. The minimum atomic E-state index is -0.503. The first kappa shape index (κ1) is 8.74. The molecule has 72 valence electrons. The SMILES string of the molecule is NC(=O)C1=NCC1Oc1ccccc1. The summed E-state index contributed by atoms with van der Waals surface area (Å²) in [6.07, 6.45) is -0.269. The first-order valence-electron chi connectivity index (χ1n) is 4.33. The second-order valence-electron chi connectivity index (χ2n) is 3.01. The van der Waals surface area contributed by atoms with Crippen LogP contribution in [0.4, 0.5) is 0 Å². The van der Waals surface area contributed by atoms with Gasteiger partial charge < -0.3 is 10.5 Å². The van der Waals surface area contributed by atoms with Gasteiger partial charge in [-0.05, 0) is 12.1 Å². The molecule has 2 N–H and O–H groups in total. The van der Waals surface area contributed by atoms with Crippen molar-refractivity contribution < 1.29 is 9.53 Å². The number of nitrogens with zero attached hydrogens (tertiary/aromatic N) is 1. The van der Waals surface area contributed by atoms with Gasteiger partial charge in [0, 0.05) is 0 Å². The van der Waals surface area contributed by atoms with E-state index in [2.05, 4.69) is 4.99 Å². The fourth-order valence-electron chi connectivity index (χ4n) is 1.25. The molecule has 14 heavy (non-hydrogen) atoms. The third-order valence-electron chi connectivity index (χ3n) is 2.01. The first-order valence-corrected chi connectivity index (χ1v) is 4.33. The smallest absolute Gasteiger partial charge is 0.266 e. The van der Waals surface area contributed by atoms with Crippen LogP contribution in [0.1, 0.15) is 0 Å². The fourth-order valence-corrected chi connectivity index (χ4v) is 1.25. The monoisotopic (exact) mass is 190 g/mol. The molecule has 1 aliphatic heterocycles. The molecule has 0 aromatic heterocycles. The number of benzene rings is 1. The van der Waals surface area contributed by atoms with Crippen LogP contribution in [-0.2, 0) is 4.79 Å². The molecule has 0 saturated heterocycles. The van der Waals surface area contributed by atoms with E-state index in [-0.39, 0.29) is 6.10 Å². The highest BCUT2D eigenvalue weighted by molar-refractivity contribution is 6.41. The van der Waals surface area contributed by atoms with Crippen LogP contribution in [0.5, 0.6) is 5.75 Å². The maximum atomic E-state index is 10.8. The molecule has 1 heterocycles. The van der Waals surface area contributed by atoms with Gasteiger partial charge >= 0.3 is 0 Å². The minimum absolute atomic E-state index is 0.269. The Morgan fingerprint density at radius 1 is 1.43 bits per heavy atom. The molecule has 1 aromatic rings. The van der Waals surface area contributed by atoms with E-state index in [1.54, 1.807) is 0 Å². The Morgan fingerprint density at radius 2 is 2.14 bits per heavy atom. The second-order valence-corrected chi connectivity index (χ2v) is 3.01. The summed E-state index contributed by atoms with van der Waals surface area (Å²) in [7, 11) is 0.